The number of nitrogens with one attached hydrogen (secondary N) is 1. The van der Waals surface area contributed by atoms with Crippen molar-refractivity contribution in [1.29, 1.82) is 0 Å². The van der Waals surface area contributed by atoms with Crippen LogP contribution in [0.15, 0.2) is 12.1 Å². The summed E-state index contributed by atoms with van der Waals surface area (Å²) in [6.45, 7) is 2.14. The Hall–Kier alpha value is -2.24. The van der Waals surface area contributed by atoms with Gasteiger partial charge in [0.25, 0.3) is 0 Å². The summed E-state index contributed by atoms with van der Waals surface area (Å²) in [4.78, 5) is 26.0. The minimum Gasteiger partial charge on any atom is -0.493 e. The predicted molar refractivity (Wildman–Crippen MR) is 75.2 cm³/mol. The first kappa shape index (κ1) is 13.7. The topological polar surface area (TPSA) is 67.9 Å². The first-order chi connectivity index (χ1) is 10.0. The average molecular weight is 290 g/mol. The average Bonchev–Trinajstić information content (AvgIpc) is 2.49. The highest BCUT2D eigenvalue weighted by Crippen LogP contribution is 2.35. The van der Waals surface area contributed by atoms with Crippen molar-refractivity contribution in [3.8, 4) is 11.5 Å². The fraction of sp³-hybridized carbons (Fsp3) is 0.467. The lowest BCUT2D eigenvalue weighted by molar-refractivity contribution is -0.150. The van der Waals surface area contributed by atoms with Gasteiger partial charge in [-0.05, 0) is 30.2 Å². The molecule has 6 nitrogen and oxygen atoms in total. The number of carbonyl (C=O) groups excluding carboxylic acids is 2. The lowest BCUT2D eigenvalue weighted by Gasteiger charge is -2.41. The molecule has 112 valence electrons. The molecule has 0 radical (unpaired) electrons. The van der Waals surface area contributed by atoms with Crippen LogP contribution in [0.5, 0.6) is 11.5 Å². The van der Waals surface area contributed by atoms with Gasteiger partial charge in [0.2, 0.25) is 11.8 Å². The zero-order valence-electron chi connectivity index (χ0n) is 12.3. The predicted octanol–water partition coefficient (Wildman–Crippen LogP) is 0.475. The van der Waals surface area contributed by atoms with Crippen molar-refractivity contribution in [2.24, 2.45) is 0 Å². The fourth-order valence-corrected chi connectivity index (χ4v) is 3.00. The number of hydrogen-bond donors (Lipinski definition) is 1. The highest BCUT2D eigenvalue weighted by Gasteiger charge is 2.41. The Kier molecular flexibility index (Phi) is 3.23. The van der Waals surface area contributed by atoms with Crippen LogP contribution in [0.3, 0.4) is 0 Å². The molecule has 2 aliphatic rings. The van der Waals surface area contributed by atoms with Crippen molar-refractivity contribution in [3.05, 3.63) is 23.3 Å². The lowest BCUT2D eigenvalue weighted by atomic mass is 9.90. The van der Waals surface area contributed by atoms with E-state index in [1.807, 2.05) is 12.1 Å². The molecule has 0 bridgehead atoms. The third-order valence-electron chi connectivity index (χ3n) is 4.15. The van der Waals surface area contributed by atoms with E-state index in [0.29, 0.717) is 24.5 Å². The van der Waals surface area contributed by atoms with Gasteiger partial charge in [-0.15, -0.1) is 0 Å². The second kappa shape index (κ2) is 4.95. The molecule has 0 unspecified atom stereocenters. The molecular weight excluding hydrogens is 272 g/mol. The van der Waals surface area contributed by atoms with Crippen molar-refractivity contribution in [3.63, 3.8) is 0 Å². The van der Waals surface area contributed by atoms with E-state index < -0.39 is 12.1 Å². The summed E-state index contributed by atoms with van der Waals surface area (Å²) in [5, 5.41) is 2.72. The maximum Gasteiger partial charge on any atom is 0.245 e. The number of piperazine rings is 1. The maximum atomic E-state index is 12.2. The molecule has 2 aliphatic heterocycles. The molecular formula is C15H18N2O4. The van der Waals surface area contributed by atoms with Crippen molar-refractivity contribution < 1.29 is 19.1 Å². The van der Waals surface area contributed by atoms with E-state index in [4.69, 9.17) is 9.47 Å². The Labute approximate surface area is 123 Å². The summed E-state index contributed by atoms with van der Waals surface area (Å²) in [6.07, 6.45) is 0.500. The first-order valence-corrected chi connectivity index (χ1v) is 6.89. The number of hydrogen-bond acceptors (Lipinski definition) is 4. The molecule has 1 aromatic carbocycles. The second-order valence-electron chi connectivity index (χ2n) is 5.39. The molecule has 2 heterocycles. The fourth-order valence-electron chi connectivity index (χ4n) is 3.00. The molecule has 0 spiro atoms. The van der Waals surface area contributed by atoms with Gasteiger partial charge in [-0.25, -0.2) is 0 Å². The molecule has 1 fully saturated rings. The van der Waals surface area contributed by atoms with Crippen LogP contribution in [0.1, 0.15) is 18.1 Å². The zero-order chi connectivity index (χ0) is 15.1. The van der Waals surface area contributed by atoms with Crippen LogP contribution < -0.4 is 14.8 Å². The number of fused-ring (bicyclic) bond motifs is 2. The normalized spacial score (nSPS) is 24.0. The Morgan fingerprint density at radius 1 is 1.14 bits per heavy atom. The van der Waals surface area contributed by atoms with Gasteiger partial charge >= 0.3 is 0 Å². The Bertz CT molecular complexity index is 614. The molecule has 0 saturated carbocycles. The molecule has 2 amide bonds. The smallest absolute Gasteiger partial charge is 0.245 e. The third-order valence-corrected chi connectivity index (χ3v) is 4.15. The number of amides is 2. The van der Waals surface area contributed by atoms with Crippen molar-refractivity contribution >= 4 is 11.8 Å². The molecule has 21 heavy (non-hydrogen) atoms. The number of nitrogens with zero attached hydrogens (tertiary/aromatic N) is 1. The maximum absolute atomic E-state index is 12.2. The van der Waals surface area contributed by atoms with Crippen LogP contribution >= 0.6 is 0 Å². The Morgan fingerprint density at radius 3 is 2.38 bits per heavy atom. The van der Waals surface area contributed by atoms with E-state index in [1.54, 1.807) is 26.0 Å². The quantitative estimate of drug-likeness (QED) is 0.860. The summed E-state index contributed by atoms with van der Waals surface area (Å²) in [5.74, 6) is 1.14. The molecule has 1 saturated heterocycles. The van der Waals surface area contributed by atoms with Gasteiger partial charge in [-0.1, -0.05) is 0 Å². The van der Waals surface area contributed by atoms with Crippen molar-refractivity contribution in [2.75, 3.05) is 14.2 Å². The highest BCUT2D eigenvalue weighted by atomic mass is 16.5. The summed E-state index contributed by atoms with van der Waals surface area (Å²) < 4.78 is 10.6. The monoisotopic (exact) mass is 290 g/mol. The van der Waals surface area contributed by atoms with Gasteiger partial charge in [0.1, 0.15) is 12.1 Å². The summed E-state index contributed by atoms with van der Waals surface area (Å²) in [5.41, 5.74) is 2.02. The van der Waals surface area contributed by atoms with Gasteiger partial charge in [-0.2, -0.15) is 0 Å². The Morgan fingerprint density at radius 2 is 1.76 bits per heavy atom. The van der Waals surface area contributed by atoms with Gasteiger partial charge in [0, 0.05) is 13.0 Å². The molecule has 0 aromatic heterocycles. The molecule has 6 heteroatoms. The van der Waals surface area contributed by atoms with Crippen molar-refractivity contribution in [1.82, 2.24) is 10.2 Å². The largest absolute Gasteiger partial charge is 0.493 e. The van der Waals surface area contributed by atoms with E-state index in [9.17, 15) is 9.59 Å². The van der Waals surface area contributed by atoms with E-state index in [-0.39, 0.29) is 11.8 Å². The number of carbonyl (C=O) groups is 2. The highest BCUT2D eigenvalue weighted by molar-refractivity contribution is 5.97. The van der Waals surface area contributed by atoms with Crippen LogP contribution in [0.4, 0.5) is 0 Å². The summed E-state index contributed by atoms with van der Waals surface area (Å²) in [6, 6.07) is 2.88. The van der Waals surface area contributed by atoms with E-state index >= 15 is 0 Å². The number of benzene rings is 1. The van der Waals surface area contributed by atoms with E-state index in [0.717, 1.165) is 11.1 Å². The van der Waals surface area contributed by atoms with Crippen LogP contribution in [0, 0.1) is 0 Å². The lowest BCUT2D eigenvalue weighted by Crippen LogP contribution is -2.63. The van der Waals surface area contributed by atoms with E-state index in [2.05, 4.69) is 5.32 Å². The Balaban J connectivity index is 2.01. The van der Waals surface area contributed by atoms with Gasteiger partial charge in [0.15, 0.2) is 11.5 Å². The van der Waals surface area contributed by atoms with Crippen LogP contribution in [0.25, 0.3) is 0 Å². The van der Waals surface area contributed by atoms with E-state index in [1.165, 1.54) is 0 Å². The minimum absolute atomic E-state index is 0.0416. The molecule has 1 N–H and O–H groups in total. The number of methoxy groups -OCH3 is 2. The second-order valence-corrected chi connectivity index (χ2v) is 5.39. The SMILES string of the molecule is COc1cc2c(cc1OC)CN1C(=O)[C@H](C)NC(=O)[C@@H]1C2. The zero-order valence-corrected chi connectivity index (χ0v) is 12.3. The number of rotatable bonds is 2. The minimum atomic E-state index is -0.463. The summed E-state index contributed by atoms with van der Waals surface area (Å²) >= 11 is 0. The van der Waals surface area contributed by atoms with Crippen LogP contribution in [0.2, 0.25) is 0 Å². The number of ether oxygens (including phenoxy) is 2. The van der Waals surface area contributed by atoms with Crippen molar-refractivity contribution in [2.45, 2.75) is 32.0 Å². The van der Waals surface area contributed by atoms with Gasteiger partial charge < -0.3 is 19.7 Å². The molecule has 3 rings (SSSR count). The molecule has 1 aromatic rings. The first-order valence-electron chi connectivity index (χ1n) is 6.89. The van der Waals surface area contributed by atoms with Gasteiger partial charge in [0.05, 0.1) is 14.2 Å². The molecule has 2 atom stereocenters. The standard InChI is InChI=1S/C15H18N2O4/c1-8-15(19)17-7-10-6-13(21-3)12(20-2)5-9(10)4-11(17)14(18)16-8/h5-6,8,11H,4,7H2,1-3H3,(H,16,18)/t8-,11-/m0/s1. The molecule has 0 aliphatic carbocycles. The third kappa shape index (κ3) is 2.11. The van der Waals surface area contributed by atoms with Crippen LogP contribution in [-0.2, 0) is 22.6 Å². The van der Waals surface area contributed by atoms with Gasteiger partial charge in [-0.3, -0.25) is 9.59 Å². The summed E-state index contributed by atoms with van der Waals surface area (Å²) in [7, 11) is 3.16. The van der Waals surface area contributed by atoms with Crippen LogP contribution in [-0.4, -0.2) is 43.0 Å².